The van der Waals surface area contributed by atoms with E-state index in [1.165, 1.54) is 13.8 Å². The van der Waals surface area contributed by atoms with Gasteiger partial charge in [-0.05, 0) is 38.0 Å². The van der Waals surface area contributed by atoms with E-state index in [0.29, 0.717) is 12.1 Å². The number of rotatable bonds is 4. The fourth-order valence-electron chi connectivity index (χ4n) is 2.69. The Kier molecular flexibility index (Phi) is 4.96. The van der Waals surface area contributed by atoms with Gasteiger partial charge in [0.2, 0.25) is 5.91 Å². The fraction of sp³-hybridized carbons (Fsp3) is 0.500. The van der Waals surface area contributed by atoms with E-state index in [-0.39, 0.29) is 23.5 Å². The molecule has 0 saturated carbocycles. The summed E-state index contributed by atoms with van der Waals surface area (Å²) in [5.74, 6) is 0.241. The lowest BCUT2D eigenvalue weighted by Gasteiger charge is -2.32. The van der Waals surface area contributed by atoms with Crippen LogP contribution in [0.25, 0.3) is 0 Å². The molecule has 0 bridgehead atoms. The highest BCUT2D eigenvalue weighted by atomic mass is 16.3. The van der Waals surface area contributed by atoms with Gasteiger partial charge in [-0.15, -0.1) is 0 Å². The van der Waals surface area contributed by atoms with E-state index >= 15 is 0 Å². The molecular weight excluding hydrogens is 268 g/mol. The van der Waals surface area contributed by atoms with Crippen LogP contribution in [0.15, 0.2) is 18.2 Å². The Balaban J connectivity index is 1.95. The monoisotopic (exact) mass is 290 g/mol. The first-order chi connectivity index (χ1) is 9.95. The molecule has 0 aromatic heterocycles. The molecule has 0 unspecified atom stereocenters. The van der Waals surface area contributed by atoms with Crippen LogP contribution in [0.2, 0.25) is 0 Å². The maximum absolute atomic E-state index is 11.4. The first-order valence-electron chi connectivity index (χ1n) is 7.28. The summed E-state index contributed by atoms with van der Waals surface area (Å²) in [6.45, 7) is 5.43. The summed E-state index contributed by atoms with van der Waals surface area (Å²) in [6, 6.07) is 5.23. The first-order valence-corrected chi connectivity index (χ1v) is 7.28. The van der Waals surface area contributed by atoms with Gasteiger partial charge in [0.1, 0.15) is 5.75 Å². The first kappa shape index (κ1) is 15.5. The summed E-state index contributed by atoms with van der Waals surface area (Å²) in [7, 11) is 0. The Bertz CT molecular complexity index is 534. The third kappa shape index (κ3) is 4.29. The number of hydrogen-bond donors (Lipinski definition) is 2. The van der Waals surface area contributed by atoms with Crippen LogP contribution in [0.4, 0.5) is 0 Å². The molecule has 1 aliphatic rings. The molecule has 1 heterocycles. The van der Waals surface area contributed by atoms with Crippen LogP contribution in [0.1, 0.15) is 42.6 Å². The lowest BCUT2D eigenvalue weighted by atomic mass is 10.0. The lowest BCUT2D eigenvalue weighted by molar-refractivity contribution is -0.119. The van der Waals surface area contributed by atoms with Crippen molar-refractivity contribution in [1.29, 1.82) is 0 Å². The van der Waals surface area contributed by atoms with Crippen LogP contribution in [0.5, 0.6) is 5.75 Å². The van der Waals surface area contributed by atoms with E-state index in [1.807, 2.05) is 0 Å². The lowest BCUT2D eigenvalue weighted by Crippen LogP contribution is -2.43. The molecule has 1 aromatic carbocycles. The molecule has 0 aliphatic carbocycles. The molecule has 2 rings (SSSR count). The zero-order valence-electron chi connectivity index (χ0n) is 12.6. The number of carbonyl (C=O) groups is 2. The number of nitrogens with zero attached hydrogens (tertiary/aromatic N) is 1. The number of hydrogen-bond acceptors (Lipinski definition) is 4. The summed E-state index contributed by atoms with van der Waals surface area (Å²) in [5.41, 5.74) is 1.40. The SMILES string of the molecule is CC(=O)NC1CCN(Cc2cc(C(C)=O)ccc2O)CC1. The molecule has 1 aliphatic heterocycles. The molecule has 21 heavy (non-hydrogen) atoms. The van der Waals surface area contributed by atoms with E-state index in [9.17, 15) is 14.7 Å². The molecule has 5 nitrogen and oxygen atoms in total. The van der Waals surface area contributed by atoms with Crippen LogP contribution in [0, 0.1) is 0 Å². The largest absolute Gasteiger partial charge is 0.508 e. The number of nitrogens with one attached hydrogen (secondary N) is 1. The minimum atomic E-state index is 0.000571. The third-order valence-electron chi connectivity index (χ3n) is 3.87. The van der Waals surface area contributed by atoms with E-state index < -0.39 is 0 Å². The van der Waals surface area contributed by atoms with Gasteiger partial charge >= 0.3 is 0 Å². The van der Waals surface area contributed by atoms with Crippen molar-refractivity contribution in [2.75, 3.05) is 13.1 Å². The van der Waals surface area contributed by atoms with Gasteiger partial charge < -0.3 is 10.4 Å². The van der Waals surface area contributed by atoms with Gasteiger partial charge in [-0.1, -0.05) is 0 Å². The van der Waals surface area contributed by atoms with Crippen LogP contribution < -0.4 is 5.32 Å². The van der Waals surface area contributed by atoms with Crippen molar-refractivity contribution in [3.05, 3.63) is 29.3 Å². The molecular formula is C16H22N2O3. The molecule has 1 saturated heterocycles. The number of carbonyl (C=O) groups excluding carboxylic acids is 2. The highest BCUT2D eigenvalue weighted by molar-refractivity contribution is 5.94. The van der Waals surface area contributed by atoms with Gasteiger partial charge in [-0.2, -0.15) is 0 Å². The maximum atomic E-state index is 11.4. The van der Waals surface area contributed by atoms with Crippen molar-refractivity contribution in [3.8, 4) is 5.75 Å². The number of phenols is 1. The summed E-state index contributed by atoms with van der Waals surface area (Å²) >= 11 is 0. The van der Waals surface area contributed by atoms with Gasteiger partial charge in [-0.3, -0.25) is 14.5 Å². The number of benzene rings is 1. The minimum absolute atomic E-state index is 0.000571. The number of aromatic hydroxyl groups is 1. The number of ketones is 1. The number of Topliss-reactive ketones (excluding diaryl/α,β-unsaturated/α-hetero) is 1. The topological polar surface area (TPSA) is 69.6 Å². The number of likely N-dealkylation sites (tertiary alicyclic amines) is 1. The predicted molar refractivity (Wildman–Crippen MR) is 80.2 cm³/mol. The summed E-state index contributed by atoms with van der Waals surface area (Å²) in [6.07, 6.45) is 1.82. The normalized spacial score (nSPS) is 16.7. The Labute approximate surface area is 125 Å². The number of piperidine rings is 1. The second-order valence-electron chi connectivity index (χ2n) is 5.65. The molecule has 1 aromatic rings. The van der Waals surface area contributed by atoms with Crippen molar-refractivity contribution in [3.63, 3.8) is 0 Å². The zero-order chi connectivity index (χ0) is 15.4. The Morgan fingerprint density at radius 2 is 1.95 bits per heavy atom. The van der Waals surface area contributed by atoms with E-state index in [2.05, 4.69) is 10.2 Å². The number of phenolic OH excluding ortho intramolecular Hbond substituents is 1. The summed E-state index contributed by atoms with van der Waals surface area (Å²) in [4.78, 5) is 24.7. The molecule has 114 valence electrons. The van der Waals surface area contributed by atoms with Gasteiger partial charge in [0.25, 0.3) is 0 Å². The Hall–Kier alpha value is -1.88. The van der Waals surface area contributed by atoms with Gasteiger partial charge in [-0.25, -0.2) is 0 Å². The Morgan fingerprint density at radius 3 is 2.52 bits per heavy atom. The fourth-order valence-corrected chi connectivity index (χ4v) is 2.69. The van der Waals surface area contributed by atoms with E-state index in [0.717, 1.165) is 31.5 Å². The van der Waals surface area contributed by atoms with E-state index in [4.69, 9.17) is 0 Å². The molecule has 1 fully saturated rings. The van der Waals surface area contributed by atoms with Crippen molar-refractivity contribution < 1.29 is 14.7 Å². The molecule has 5 heteroatoms. The predicted octanol–water partition coefficient (Wildman–Crippen LogP) is 1.70. The second kappa shape index (κ2) is 6.72. The van der Waals surface area contributed by atoms with Crippen molar-refractivity contribution in [2.24, 2.45) is 0 Å². The summed E-state index contributed by atoms with van der Waals surface area (Å²) in [5, 5.41) is 12.9. The van der Waals surface area contributed by atoms with E-state index in [1.54, 1.807) is 18.2 Å². The highest BCUT2D eigenvalue weighted by Crippen LogP contribution is 2.22. The molecule has 0 radical (unpaired) electrons. The van der Waals surface area contributed by atoms with Gasteiger partial charge in [0.15, 0.2) is 5.78 Å². The molecule has 0 atom stereocenters. The van der Waals surface area contributed by atoms with Crippen molar-refractivity contribution in [1.82, 2.24) is 10.2 Å². The van der Waals surface area contributed by atoms with Gasteiger partial charge in [0.05, 0.1) is 0 Å². The average molecular weight is 290 g/mol. The standard InChI is InChI=1S/C16H22N2O3/c1-11(19)13-3-4-16(21)14(9-13)10-18-7-5-15(6-8-18)17-12(2)20/h3-4,9,15,21H,5-8,10H2,1-2H3,(H,17,20). The Morgan fingerprint density at radius 1 is 1.29 bits per heavy atom. The average Bonchev–Trinajstić information content (AvgIpc) is 2.42. The number of amides is 1. The van der Waals surface area contributed by atoms with Crippen LogP contribution in [0.3, 0.4) is 0 Å². The summed E-state index contributed by atoms with van der Waals surface area (Å²) < 4.78 is 0. The smallest absolute Gasteiger partial charge is 0.217 e. The second-order valence-corrected chi connectivity index (χ2v) is 5.65. The third-order valence-corrected chi connectivity index (χ3v) is 3.87. The van der Waals surface area contributed by atoms with Crippen LogP contribution >= 0.6 is 0 Å². The quantitative estimate of drug-likeness (QED) is 0.828. The maximum Gasteiger partial charge on any atom is 0.217 e. The van der Waals surface area contributed by atoms with Crippen LogP contribution in [-0.2, 0) is 11.3 Å². The van der Waals surface area contributed by atoms with Crippen LogP contribution in [-0.4, -0.2) is 40.8 Å². The van der Waals surface area contributed by atoms with Crippen molar-refractivity contribution in [2.45, 2.75) is 39.3 Å². The van der Waals surface area contributed by atoms with Crippen molar-refractivity contribution >= 4 is 11.7 Å². The van der Waals surface area contributed by atoms with Gasteiger partial charge in [0, 0.05) is 43.7 Å². The molecule has 1 amide bonds. The zero-order valence-corrected chi connectivity index (χ0v) is 12.6. The molecule has 2 N–H and O–H groups in total. The molecule has 0 spiro atoms. The minimum Gasteiger partial charge on any atom is -0.508 e. The highest BCUT2D eigenvalue weighted by Gasteiger charge is 2.20.